The molecule has 0 atom stereocenters. The van der Waals surface area contributed by atoms with Crippen LogP contribution in [0.4, 0.5) is 15.8 Å². The van der Waals surface area contributed by atoms with E-state index in [0.717, 1.165) is 18.7 Å². The van der Waals surface area contributed by atoms with Crippen LogP contribution in [0.2, 0.25) is 0 Å². The molecule has 0 saturated carbocycles. The average Bonchev–Trinajstić information content (AvgIpc) is 3.25. The molecule has 3 aromatic rings. The number of carbonyl (C=O) groups is 3. The molecule has 3 aromatic carbocycles. The standard InChI is InChI=1S/C30H29FN4O4/c1-34-14-16-35(17-15-34)30(39)21-7-10-23(11-8-21)32-28(20-5-2-19(3-6-20)4-13-26(36)37)27-24-12-9-22(31)18-25(24)33-29(27)38/h2-3,5-12,18,32H,4,13-17H2,1H3,(H,33,38)(H,36,37). The van der Waals surface area contributed by atoms with Gasteiger partial charge in [0.2, 0.25) is 0 Å². The van der Waals surface area contributed by atoms with Crippen molar-refractivity contribution in [1.82, 2.24) is 9.80 Å². The van der Waals surface area contributed by atoms with Crippen molar-refractivity contribution in [1.29, 1.82) is 0 Å². The topological polar surface area (TPSA) is 102 Å². The lowest BCUT2D eigenvalue weighted by Gasteiger charge is -2.32. The third-order valence-electron chi connectivity index (χ3n) is 7.04. The maximum Gasteiger partial charge on any atom is 0.303 e. The third kappa shape index (κ3) is 5.83. The Morgan fingerprint density at radius 3 is 2.28 bits per heavy atom. The van der Waals surface area contributed by atoms with E-state index in [1.165, 1.54) is 12.1 Å². The zero-order valence-electron chi connectivity index (χ0n) is 21.5. The Morgan fingerprint density at radius 1 is 0.949 bits per heavy atom. The van der Waals surface area contributed by atoms with Gasteiger partial charge in [0.05, 0.1) is 17.0 Å². The molecule has 2 aliphatic heterocycles. The number of aryl methyl sites for hydroxylation is 1. The number of benzene rings is 3. The Morgan fingerprint density at radius 2 is 1.62 bits per heavy atom. The van der Waals surface area contributed by atoms with Crippen LogP contribution in [0.5, 0.6) is 0 Å². The van der Waals surface area contributed by atoms with Gasteiger partial charge in [-0.2, -0.15) is 0 Å². The van der Waals surface area contributed by atoms with E-state index in [9.17, 15) is 18.8 Å². The predicted octanol–water partition coefficient (Wildman–Crippen LogP) is 4.16. The molecule has 0 spiro atoms. The minimum Gasteiger partial charge on any atom is -0.481 e. The number of fused-ring (bicyclic) bond motifs is 1. The molecule has 9 heteroatoms. The summed E-state index contributed by atoms with van der Waals surface area (Å²) >= 11 is 0. The summed E-state index contributed by atoms with van der Waals surface area (Å²) in [6.07, 6.45) is 0.409. The van der Waals surface area contributed by atoms with Gasteiger partial charge in [0, 0.05) is 49.4 Å². The van der Waals surface area contributed by atoms with Crippen LogP contribution < -0.4 is 10.6 Å². The Kier molecular flexibility index (Phi) is 7.42. The highest BCUT2D eigenvalue weighted by atomic mass is 19.1. The van der Waals surface area contributed by atoms with Gasteiger partial charge in [-0.05, 0) is 67.1 Å². The lowest BCUT2D eigenvalue weighted by atomic mass is 9.98. The number of carbonyl (C=O) groups excluding carboxylic acids is 2. The van der Waals surface area contributed by atoms with Gasteiger partial charge in [-0.3, -0.25) is 14.4 Å². The van der Waals surface area contributed by atoms with Crippen molar-refractivity contribution < 1.29 is 23.9 Å². The molecule has 2 amide bonds. The second kappa shape index (κ2) is 11.1. The second-order valence-electron chi connectivity index (χ2n) is 9.78. The maximum atomic E-state index is 13.9. The molecule has 2 aliphatic rings. The first kappa shape index (κ1) is 26.1. The van der Waals surface area contributed by atoms with Crippen LogP contribution in [0.1, 0.15) is 33.5 Å². The van der Waals surface area contributed by atoms with Gasteiger partial charge in [-0.25, -0.2) is 4.39 Å². The molecular weight excluding hydrogens is 499 g/mol. The lowest BCUT2D eigenvalue weighted by molar-refractivity contribution is -0.137. The molecule has 0 radical (unpaired) electrons. The monoisotopic (exact) mass is 528 g/mol. The number of carboxylic acids is 1. The normalized spacial score (nSPS) is 16.5. The minimum absolute atomic E-state index is 0.0173. The number of halogens is 1. The van der Waals surface area contributed by atoms with E-state index in [1.54, 1.807) is 30.3 Å². The Bertz CT molecular complexity index is 1440. The number of nitrogens with one attached hydrogen (secondary N) is 2. The van der Waals surface area contributed by atoms with Gasteiger partial charge >= 0.3 is 5.97 Å². The number of piperazine rings is 1. The molecule has 1 fully saturated rings. The maximum absolute atomic E-state index is 13.9. The number of likely N-dealkylation sites (N-methyl/N-ethyl adjacent to an activating group) is 1. The van der Waals surface area contributed by atoms with Crippen LogP contribution in [-0.4, -0.2) is 65.9 Å². The van der Waals surface area contributed by atoms with Crippen molar-refractivity contribution in [2.24, 2.45) is 0 Å². The van der Waals surface area contributed by atoms with Crippen LogP contribution >= 0.6 is 0 Å². The van der Waals surface area contributed by atoms with Crippen LogP contribution in [0, 0.1) is 5.82 Å². The van der Waals surface area contributed by atoms with Crippen molar-refractivity contribution >= 4 is 40.4 Å². The summed E-state index contributed by atoms with van der Waals surface area (Å²) in [5, 5.41) is 15.1. The molecule has 0 aromatic heterocycles. The van der Waals surface area contributed by atoms with Crippen molar-refractivity contribution in [3.05, 3.63) is 94.8 Å². The van der Waals surface area contributed by atoms with E-state index in [4.69, 9.17) is 5.11 Å². The van der Waals surface area contributed by atoms with Crippen molar-refractivity contribution in [2.75, 3.05) is 43.9 Å². The molecular formula is C30H29FN4O4. The van der Waals surface area contributed by atoms with Gasteiger partial charge in [-0.15, -0.1) is 0 Å². The molecule has 0 bridgehead atoms. The Balaban J connectivity index is 1.46. The number of carboxylic acid groups (broad SMARTS) is 1. The molecule has 8 nitrogen and oxygen atoms in total. The number of amides is 2. The molecule has 3 N–H and O–H groups in total. The van der Waals surface area contributed by atoms with E-state index >= 15 is 0 Å². The van der Waals surface area contributed by atoms with Gasteiger partial charge in [-0.1, -0.05) is 24.3 Å². The largest absolute Gasteiger partial charge is 0.481 e. The second-order valence-corrected chi connectivity index (χ2v) is 9.78. The summed E-state index contributed by atoms with van der Waals surface area (Å²) in [4.78, 5) is 41.0. The van der Waals surface area contributed by atoms with Crippen LogP contribution in [0.3, 0.4) is 0 Å². The summed E-state index contributed by atoms with van der Waals surface area (Å²) in [6.45, 7) is 3.04. The fraction of sp³-hybridized carbons (Fsp3) is 0.233. The van der Waals surface area contributed by atoms with Gasteiger partial charge in [0.25, 0.3) is 11.8 Å². The summed E-state index contributed by atoms with van der Waals surface area (Å²) in [6, 6.07) is 18.6. The van der Waals surface area contributed by atoms with Crippen molar-refractivity contribution in [3.63, 3.8) is 0 Å². The van der Waals surface area contributed by atoms with E-state index in [1.807, 2.05) is 36.2 Å². The number of nitrogens with zero attached hydrogens (tertiary/aromatic N) is 2. The zero-order valence-corrected chi connectivity index (χ0v) is 21.5. The van der Waals surface area contributed by atoms with E-state index < -0.39 is 11.8 Å². The van der Waals surface area contributed by atoms with Crippen LogP contribution in [0.15, 0.2) is 66.7 Å². The Hall–Kier alpha value is -4.50. The highest BCUT2D eigenvalue weighted by molar-refractivity contribution is 6.37. The number of rotatable bonds is 7. The summed E-state index contributed by atoms with van der Waals surface area (Å²) in [7, 11) is 2.04. The molecule has 5 rings (SSSR count). The first-order valence-electron chi connectivity index (χ1n) is 12.8. The van der Waals surface area contributed by atoms with Crippen LogP contribution in [0.25, 0.3) is 11.3 Å². The van der Waals surface area contributed by atoms with Crippen LogP contribution in [-0.2, 0) is 16.0 Å². The highest BCUT2D eigenvalue weighted by Crippen LogP contribution is 2.38. The third-order valence-corrected chi connectivity index (χ3v) is 7.04. The fourth-order valence-corrected chi connectivity index (χ4v) is 4.79. The molecule has 2 heterocycles. The SMILES string of the molecule is CN1CCN(C(=O)c2ccc(NC(=C3C(=O)Nc4cc(F)ccc43)c3ccc(CCC(=O)O)cc3)cc2)CC1. The molecule has 200 valence electrons. The molecule has 1 saturated heterocycles. The number of anilines is 2. The summed E-state index contributed by atoms with van der Waals surface area (Å²) in [5.74, 6) is -1.70. The summed E-state index contributed by atoms with van der Waals surface area (Å²) in [5.41, 5.74) is 4.65. The number of hydrogen-bond acceptors (Lipinski definition) is 5. The predicted molar refractivity (Wildman–Crippen MR) is 148 cm³/mol. The molecule has 0 unspecified atom stereocenters. The minimum atomic E-state index is -0.871. The van der Waals surface area contributed by atoms with Gasteiger partial charge in [0.1, 0.15) is 5.82 Å². The quantitative estimate of drug-likeness (QED) is 0.398. The number of aliphatic carboxylic acids is 1. The lowest BCUT2D eigenvalue weighted by Crippen LogP contribution is -2.47. The fourth-order valence-electron chi connectivity index (χ4n) is 4.79. The van der Waals surface area contributed by atoms with E-state index in [0.29, 0.717) is 58.8 Å². The first-order chi connectivity index (χ1) is 18.8. The Labute approximate surface area is 225 Å². The smallest absolute Gasteiger partial charge is 0.303 e. The van der Waals surface area contributed by atoms with Gasteiger partial charge in [0.15, 0.2) is 0 Å². The first-order valence-corrected chi connectivity index (χ1v) is 12.8. The van der Waals surface area contributed by atoms with E-state index in [-0.39, 0.29) is 18.2 Å². The molecule has 39 heavy (non-hydrogen) atoms. The molecule has 0 aliphatic carbocycles. The van der Waals surface area contributed by atoms with Crippen molar-refractivity contribution in [2.45, 2.75) is 12.8 Å². The number of hydrogen-bond donors (Lipinski definition) is 3. The van der Waals surface area contributed by atoms with Crippen molar-refractivity contribution in [3.8, 4) is 0 Å². The average molecular weight is 529 g/mol. The highest BCUT2D eigenvalue weighted by Gasteiger charge is 2.29. The summed E-state index contributed by atoms with van der Waals surface area (Å²) < 4.78 is 13.9. The van der Waals surface area contributed by atoms with E-state index in [2.05, 4.69) is 15.5 Å². The van der Waals surface area contributed by atoms with Gasteiger partial charge < -0.3 is 25.5 Å². The zero-order chi connectivity index (χ0) is 27.5.